The maximum absolute atomic E-state index is 12.6. The minimum Gasteiger partial charge on any atom is -0.281 e. The molecule has 0 unspecified atom stereocenters. The number of hydrogen-bond donors (Lipinski definition) is 1. The van der Waals surface area contributed by atoms with Gasteiger partial charge in [-0.1, -0.05) is 4.90 Å². The highest BCUT2D eigenvalue weighted by molar-refractivity contribution is 7.87. The van der Waals surface area contributed by atoms with Gasteiger partial charge in [-0.25, -0.2) is 0 Å². The van der Waals surface area contributed by atoms with Gasteiger partial charge in [0, 0.05) is 0 Å². The van der Waals surface area contributed by atoms with E-state index in [2.05, 4.69) is 0 Å². The van der Waals surface area contributed by atoms with Crippen LogP contribution in [0.2, 0.25) is 0 Å². The molecule has 0 aromatic rings. The lowest BCUT2D eigenvalue weighted by Crippen LogP contribution is -2.66. The molecule has 0 aromatic carbocycles. The molecular weight excluding hydrogens is 332 g/mol. The van der Waals surface area contributed by atoms with E-state index >= 15 is 0 Å². The molecule has 15 heteroatoms. The summed E-state index contributed by atoms with van der Waals surface area (Å²) in [7, 11) is -7.25. The molecule has 116 valence electrons. The van der Waals surface area contributed by atoms with Gasteiger partial charge in [0.05, 0.1) is 0 Å². The first-order chi connectivity index (χ1) is 7.87. The highest BCUT2D eigenvalue weighted by Gasteiger charge is 2.79. The standard InChI is InChI=1S/C4HF10NO3S/c5-1(6,2(7,8)19(16,17)18)15(3(9,10)11)4(12,13)14/h(H,16,17,18). The molecule has 0 aliphatic carbocycles. The largest absolute Gasteiger partial charge is 0.472 e. The van der Waals surface area contributed by atoms with Crippen molar-refractivity contribution in [1.29, 1.82) is 0 Å². The zero-order valence-electron chi connectivity index (χ0n) is 7.90. The topological polar surface area (TPSA) is 57.6 Å². The number of hydrogen-bond acceptors (Lipinski definition) is 3. The summed E-state index contributed by atoms with van der Waals surface area (Å²) in [5.41, 5.74) is 0. The Labute approximate surface area is 96.9 Å². The van der Waals surface area contributed by atoms with Crippen LogP contribution in [0.15, 0.2) is 0 Å². The van der Waals surface area contributed by atoms with Gasteiger partial charge in [-0.2, -0.15) is 52.3 Å². The lowest BCUT2D eigenvalue weighted by molar-refractivity contribution is -0.459. The van der Waals surface area contributed by atoms with Crippen molar-refractivity contribution in [2.75, 3.05) is 0 Å². The zero-order valence-corrected chi connectivity index (χ0v) is 8.72. The van der Waals surface area contributed by atoms with E-state index in [9.17, 15) is 52.3 Å². The lowest BCUT2D eigenvalue weighted by atomic mass is 10.5. The van der Waals surface area contributed by atoms with E-state index in [-0.39, 0.29) is 0 Å². The summed E-state index contributed by atoms with van der Waals surface area (Å²) < 4.78 is 148. The summed E-state index contributed by atoms with van der Waals surface area (Å²) >= 11 is 0. The van der Waals surface area contributed by atoms with E-state index in [1.165, 1.54) is 0 Å². The summed E-state index contributed by atoms with van der Waals surface area (Å²) in [5.74, 6) is 0. The normalized spacial score (nSPS) is 16.0. The van der Waals surface area contributed by atoms with Crippen molar-refractivity contribution in [3.8, 4) is 0 Å². The van der Waals surface area contributed by atoms with Gasteiger partial charge in [-0.3, -0.25) is 4.55 Å². The number of halogens is 10. The molecule has 1 N–H and O–H groups in total. The molecule has 0 amide bonds. The average molecular weight is 333 g/mol. The third-order valence-electron chi connectivity index (χ3n) is 1.46. The van der Waals surface area contributed by atoms with Crippen LogP contribution in [0, 0.1) is 0 Å². The van der Waals surface area contributed by atoms with Crippen molar-refractivity contribution in [3.05, 3.63) is 0 Å². The summed E-state index contributed by atoms with van der Waals surface area (Å²) in [4.78, 5) is -3.93. The van der Waals surface area contributed by atoms with Gasteiger partial charge >= 0.3 is 34.0 Å². The summed E-state index contributed by atoms with van der Waals surface area (Å²) in [6, 6.07) is -7.32. The molecule has 19 heavy (non-hydrogen) atoms. The Morgan fingerprint density at radius 1 is 0.737 bits per heavy atom. The molecule has 0 heterocycles. The second kappa shape index (κ2) is 4.34. The first-order valence-corrected chi connectivity index (χ1v) is 4.97. The Hall–Kier alpha value is -0.830. The van der Waals surface area contributed by atoms with Crippen LogP contribution in [0.5, 0.6) is 0 Å². The molecule has 0 spiro atoms. The quantitative estimate of drug-likeness (QED) is 0.490. The van der Waals surface area contributed by atoms with Crippen LogP contribution in [-0.4, -0.2) is 41.8 Å². The second-order valence-electron chi connectivity index (χ2n) is 2.80. The van der Waals surface area contributed by atoms with Crippen molar-refractivity contribution in [1.82, 2.24) is 4.90 Å². The molecule has 0 rings (SSSR count). The molecule has 0 saturated heterocycles. The highest BCUT2D eigenvalue weighted by atomic mass is 32.2. The molecule has 0 radical (unpaired) electrons. The Bertz CT molecular complexity index is 421. The fourth-order valence-corrected chi connectivity index (χ4v) is 1.15. The Morgan fingerprint density at radius 2 is 1.00 bits per heavy atom. The van der Waals surface area contributed by atoms with Crippen molar-refractivity contribution >= 4 is 10.1 Å². The second-order valence-corrected chi connectivity index (χ2v) is 4.27. The molecule has 0 bridgehead atoms. The van der Waals surface area contributed by atoms with Gasteiger partial charge < -0.3 is 0 Å². The fraction of sp³-hybridized carbons (Fsp3) is 1.00. The number of alkyl halides is 10. The number of rotatable bonds is 3. The van der Waals surface area contributed by atoms with E-state index in [0.29, 0.717) is 0 Å². The Morgan fingerprint density at radius 3 is 1.16 bits per heavy atom. The molecule has 4 nitrogen and oxygen atoms in total. The molecular formula is C4HF10NO3S. The maximum atomic E-state index is 12.6. The first kappa shape index (κ1) is 18.2. The summed E-state index contributed by atoms with van der Waals surface area (Å²) in [6.07, 6.45) is -14.2. The first-order valence-electron chi connectivity index (χ1n) is 3.53. The fourth-order valence-electron chi connectivity index (χ4n) is 0.748. The van der Waals surface area contributed by atoms with Gasteiger partial charge in [-0.05, 0) is 0 Å². The molecule has 0 aliphatic rings. The zero-order chi connectivity index (χ0) is 16.1. The van der Waals surface area contributed by atoms with Gasteiger partial charge in [0.15, 0.2) is 0 Å². The van der Waals surface area contributed by atoms with E-state index < -0.39 is 38.9 Å². The highest BCUT2D eigenvalue weighted by Crippen LogP contribution is 2.49. The van der Waals surface area contributed by atoms with Crippen LogP contribution in [0.1, 0.15) is 0 Å². The van der Waals surface area contributed by atoms with Crippen molar-refractivity contribution in [2.45, 2.75) is 23.9 Å². The SMILES string of the molecule is O=S(=O)(O)C(F)(F)C(F)(F)N(C(F)(F)F)C(F)(F)F. The smallest absolute Gasteiger partial charge is 0.281 e. The molecule has 0 fully saturated rings. The van der Waals surface area contributed by atoms with E-state index in [0.717, 1.165) is 0 Å². The summed E-state index contributed by atoms with van der Waals surface area (Å²) in [6.45, 7) is 0. The van der Waals surface area contributed by atoms with Crippen LogP contribution in [0.25, 0.3) is 0 Å². The predicted octanol–water partition coefficient (Wildman–Crippen LogP) is 2.40. The third-order valence-corrected chi connectivity index (χ3v) is 2.36. The van der Waals surface area contributed by atoms with Gasteiger partial charge in [0.2, 0.25) is 0 Å². The van der Waals surface area contributed by atoms with Crippen LogP contribution >= 0.6 is 0 Å². The van der Waals surface area contributed by atoms with Crippen molar-refractivity contribution < 1.29 is 56.9 Å². The Kier molecular flexibility index (Phi) is 4.15. The number of nitrogens with zero attached hydrogens (tertiary/aromatic N) is 1. The average Bonchev–Trinajstić information content (AvgIpc) is 1.92. The van der Waals surface area contributed by atoms with E-state index in [1.54, 1.807) is 0 Å². The minimum atomic E-state index is -7.32. The third kappa shape index (κ3) is 3.19. The van der Waals surface area contributed by atoms with E-state index in [1.807, 2.05) is 0 Å². The van der Waals surface area contributed by atoms with Crippen LogP contribution < -0.4 is 0 Å². The molecule has 0 aromatic heterocycles. The molecule has 0 saturated carbocycles. The van der Waals surface area contributed by atoms with Crippen LogP contribution in [-0.2, 0) is 10.1 Å². The van der Waals surface area contributed by atoms with Gasteiger partial charge in [-0.15, -0.1) is 0 Å². The van der Waals surface area contributed by atoms with Gasteiger partial charge in [0.25, 0.3) is 0 Å². The van der Waals surface area contributed by atoms with Crippen molar-refractivity contribution in [3.63, 3.8) is 0 Å². The predicted molar refractivity (Wildman–Crippen MR) is 35.4 cm³/mol. The molecule has 0 aliphatic heterocycles. The maximum Gasteiger partial charge on any atom is 0.472 e. The minimum absolute atomic E-state index is 3.93. The lowest BCUT2D eigenvalue weighted by Gasteiger charge is -2.35. The monoisotopic (exact) mass is 333 g/mol. The van der Waals surface area contributed by atoms with Gasteiger partial charge in [0.1, 0.15) is 0 Å². The van der Waals surface area contributed by atoms with Crippen LogP contribution in [0.3, 0.4) is 0 Å². The Balaban J connectivity index is 6.13. The van der Waals surface area contributed by atoms with E-state index in [4.69, 9.17) is 4.55 Å². The van der Waals surface area contributed by atoms with Crippen LogP contribution in [0.4, 0.5) is 43.9 Å². The summed E-state index contributed by atoms with van der Waals surface area (Å²) in [5, 5.41) is -7.05. The van der Waals surface area contributed by atoms with Crippen molar-refractivity contribution in [2.24, 2.45) is 0 Å². The molecule has 0 atom stereocenters.